The Bertz CT molecular complexity index is 1650. The molecule has 0 aromatic heterocycles. The molecule has 1 saturated heterocycles. The van der Waals surface area contributed by atoms with Crippen LogP contribution in [-0.2, 0) is 44.8 Å². The molecule has 0 bridgehead atoms. The van der Waals surface area contributed by atoms with Crippen LogP contribution in [-0.4, -0.2) is 146 Å². The van der Waals surface area contributed by atoms with E-state index in [1.54, 1.807) is 58.0 Å². The molecule has 0 spiro atoms. The van der Waals surface area contributed by atoms with Crippen LogP contribution in [0, 0.1) is 11.8 Å². The van der Waals surface area contributed by atoms with Crippen LogP contribution in [0.2, 0.25) is 0 Å². The van der Waals surface area contributed by atoms with Crippen molar-refractivity contribution in [2.45, 2.75) is 141 Å². The van der Waals surface area contributed by atoms with E-state index in [2.05, 4.69) is 31.9 Å². The van der Waals surface area contributed by atoms with Gasteiger partial charge in [-0.1, -0.05) is 70.9 Å². The van der Waals surface area contributed by atoms with E-state index in [9.17, 15) is 58.8 Å². The molecule has 1 heterocycles. The van der Waals surface area contributed by atoms with Gasteiger partial charge in [-0.15, -0.1) is 0 Å². The zero-order chi connectivity index (χ0) is 45.4. The van der Waals surface area contributed by atoms with Crippen LogP contribution in [0.4, 0.5) is 0 Å². The SMILES string of the molecule is CC[C@H](C)[C@H](NC(=O)[C@H](CO)NC(=O)[C@@H]1CCCN1C(=O)[C@@H](NC(=O)[C@@H](NC(=O)[C@H](Cc1ccccc1)NC(=O)[C@H](C)NC(=O)[C@@H](N)[C@@H](C)O)[C@@H](C)O)[C@@H](C)CC)C(=O)O. The van der Waals surface area contributed by atoms with Crippen LogP contribution in [0.1, 0.15) is 79.7 Å². The minimum Gasteiger partial charge on any atom is -0.480 e. The van der Waals surface area contributed by atoms with Crippen LogP contribution in [0.15, 0.2) is 30.3 Å². The monoisotopic (exact) mass is 848 g/mol. The number of aliphatic hydroxyl groups excluding tert-OH is 3. The van der Waals surface area contributed by atoms with Gasteiger partial charge < -0.3 is 63.0 Å². The van der Waals surface area contributed by atoms with E-state index < -0.39 is 126 Å². The van der Waals surface area contributed by atoms with Crippen LogP contribution < -0.4 is 37.6 Å². The van der Waals surface area contributed by atoms with Gasteiger partial charge in [-0.25, -0.2) is 4.79 Å². The minimum absolute atomic E-state index is 0.0659. The number of nitrogens with two attached hydrogens (primary N) is 1. The quantitative estimate of drug-likeness (QED) is 0.0540. The number of hydrogen-bond donors (Lipinski definition) is 11. The van der Waals surface area contributed by atoms with E-state index in [-0.39, 0.29) is 19.4 Å². The van der Waals surface area contributed by atoms with Gasteiger partial charge >= 0.3 is 5.97 Å². The smallest absolute Gasteiger partial charge is 0.326 e. The second-order valence-corrected chi connectivity index (χ2v) is 15.5. The van der Waals surface area contributed by atoms with Crippen LogP contribution in [0.3, 0.4) is 0 Å². The first kappa shape index (κ1) is 51.0. The number of nitrogens with one attached hydrogen (secondary N) is 6. The maximum Gasteiger partial charge on any atom is 0.326 e. The predicted octanol–water partition coefficient (Wildman–Crippen LogP) is -2.59. The van der Waals surface area contributed by atoms with Gasteiger partial charge in [0, 0.05) is 13.0 Å². The summed E-state index contributed by atoms with van der Waals surface area (Å²) in [6.45, 7) is 9.98. The normalized spacial score (nSPS) is 19.3. The molecule has 0 unspecified atom stereocenters. The topological polar surface area (TPSA) is 319 Å². The molecule has 0 radical (unpaired) electrons. The Labute approximate surface area is 350 Å². The average molecular weight is 849 g/mol. The van der Waals surface area contributed by atoms with Gasteiger partial charge in [-0.3, -0.25) is 33.6 Å². The lowest BCUT2D eigenvalue weighted by molar-refractivity contribution is -0.145. The Hall–Kier alpha value is -5.18. The first-order chi connectivity index (χ1) is 28.2. The average Bonchev–Trinajstić information content (AvgIpc) is 3.71. The zero-order valence-electron chi connectivity index (χ0n) is 35.3. The number of carbonyl (C=O) groups is 8. The molecule has 60 heavy (non-hydrogen) atoms. The molecule has 1 aliphatic rings. The summed E-state index contributed by atoms with van der Waals surface area (Å²) in [4.78, 5) is 107. The van der Waals surface area contributed by atoms with Crippen molar-refractivity contribution in [1.82, 2.24) is 36.8 Å². The van der Waals surface area contributed by atoms with E-state index in [1.807, 2.05) is 0 Å². The van der Waals surface area contributed by atoms with Crippen molar-refractivity contribution in [2.75, 3.05) is 13.2 Å². The molecule has 20 heteroatoms. The number of aliphatic hydroxyl groups is 3. The lowest BCUT2D eigenvalue weighted by Gasteiger charge is -2.33. The number of hydrogen-bond acceptors (Lipinski definition) is 12. The molecular formula is C40H64N8O12. The molecular weight excluding hydrogens is 784 g/mol. The summed E-state index contributed by atoms with van der Waals surface area (Å²) < 4.78 is 0. The molecule has 0 saturated carbocycles. The van der Waals surface area contributed by atoms with E-state index in [0.29, 0.717) is 24.8 Å². The summed E-state index contributed by atoms with van der Waals surface area (Å²) in [5, 5.41) is 54.8. The Morgan fingerprint density at radius 2 is 1.25 bits per heavy atom. The Kier molecular flexibility index (Phi) is 20.5. The second kappa shape index (κ2) is 24.2. The van der Waals surface area contributed by atoms with Crippen LogP contribution in [0.5, 0.6) is 0 Å². The van der Waals surface area contributed by atoms with Crippen LogP contribution in [0.25, 0.3) is 0 Å². The van der Waals surface area contributed by atoms with Crippen molar-refractivity contribution in [3.63, 3.8) is 0 Å². The minimum atomic E-state index is -1.64. The first-order valence-electron chi connectivity index (χ1n) is 20.3. The Morgan fingerprint density at radius 1 is 0.700 bits per heavy atom. The van der Waals surface area contributed by atoms with Crippen molar-refractivity contribution >= 4 is 47.3 Å². The van der Waals surface area contributed by atoms with Gasteiger partial charge in [0.25, 0.3) is 0 Å². The fraction of sp³-hybridized carbons (Fsp3) is 0.650. The number of likely N-dealkylation sites (tertiary alicyclic amines) is 1. The fourth-order valence-corrected chi connectivity index (χ4v) is 6.42. The number of rotatable bonds is 23. The van der Waals surface area contributed by atoms with Gasteiger partial charge in [0.15, 0.2) is 0 Å². The van der Waals surface area contributed by atoms with Crippen molar-refractivity contribution in [1.29, 1.82) is 0 Å². The third-order valence-electron chi connectivity index (χ3n) is 10.8. The van der Waals surface area contributed by atoms with E-state index >= 15 is 0 Å². The molecule has 1 aliphatic heterocycles. The van der Waals surface area contributed by atoms with Crippen molar-refractivity contribution in [2.24, 2.45) is 17.6 Å². The van der Waals surface area contributed by atoms with Gasteiger partial charge in [0.2, 0.25) is 41.4 Å². The molecule has 2 rings (SSSR count). The molecule has 20 nitrogen and oxygen atoms in total. The highest BCUT2D eigenvalue weighted by atomic mass is 16.4. The molecule has 1 fully saturated rings. The maximum absolute atomic E-state index is 14.2. The lowest BCUT2D eigenvalue weighted by Crippen LogP contribution is -2.63. The molecule has 1 aromatic rings. The standard InChI is InChI=1S/C40H64N8O12/c1-8-20(3)30(39(58)48-17-13-16-28(48)36(55)44-27(19-49)35(54)46-31(40(59)60)21(4)9-2)45-38(57)32(24(7)51)47-34(53)26(18-25-14-11-10-12-15-25)43-33(52)22(5)42-37(56)29(41)23(6)50/h10-12,14-15,20-24,26-32,49-51H,8-9,13,16-19,41H2,1-7H3,(H,42,56)(H,43,52)(H,44,55)(H,45,57)(H,46,54)(H,47,53)(H,59,60)/t20-,21-,22-,23+,24+,26-,27-,28-,29-,30-,31-,32-/m0/s1. The Morgan fingerprint density at radius 3 is 1.78 bits per heavy atom. The van der Waals surface area contributed by atoms with E-state index in [4.69, 9.17) is 5.73 Å². The Balaban J connectivity index is 2.29. The number of carboxylic acid groups (broad SMARTS) is 1. The zero-order valence-corrected chi connectivity index (χ0v) is 35.3. The van der Waals surface area contributed by atoms with Gasteiger partial charge in [-0.2, -0.15) is 0 Å². The number of amides is 7. The number of benzene rings is 1. The highest BCUT2D eigenvalue weighted by molar-refractivity contribution is 5.98. The van der Waals surface area contributed by atoms with Gasteiger partial charge in [0.1, 0.15) is 48.3 Å². The van der Waals surface area contributed by atoms with Gasteiger partial charge in [-0.05, 0) is 51.0 Å². The third-order valence-corrected chi connectivity index (χ3v) is 10.8. The molecule has 7 amide bonds. The summed E-state index contributed by atoms with van der Waals surface area (Å²) in [6.07, 6.45) is -1.41. The highest BCUT2D eigenvalue weighted by Gasteiger charge is 2.42. The maximum atomic E-state index is 14.2. The molecule has 12 N–H and O–H groups in total. The second-order valence-electron chi connectivity index (χ2n) is 15.5. The van der Waals surface area contributed by atoms with E-state index in [1.165, 1.54) is 25.7 Å². The van der Waals surface area contributed by atoms with Crippen LogP contribution >= 0.6 is 0 Å². The summed E-state index contributed by atoms with van der Waals surface area (Å²) >= 11 is 0. The molecule has 1 aromatic carbocycles. The number of aliphatic carboxylic acids is 1. The summed E-state index contributed by atoms with van der Waals surface area (Å²) in [5.41, 5.74) is 6.30. The van der Waals surface area contributed by atoms with Crippen molar-refractivity contribution < 1.29 is 58.8 Å². The number of nitrogens with zero attached hydrogens (tertiary/aromatic N) is 1. The largest absolute Gasteiger partial charge is 0.480 e. The summed E-state index contributed by atoms with van der Waals surface area (Å²) in [5.74, 6) is -8.03. The number of carbonyl (C=O) groups excluding carboxylic acids is 7. The molecule has 0 aliphatic carbocycles. The first-order valence-corrected chi connectivity index (χ1v) is 20.3. The van der Waals surface area contributed by atoms with E-state index in [0.717, 1.165) is 0 Å². The third kappa shape index (κ3) is 14.5. The predicted molar refractivity (Wildman–Crippen MR) is 217 cm³/mol. The summed E-state index contributed by atoms with van der Waals surface area (Å²) in [6, 6.07) is -2.07. The molecule has 12 atom stereocenters. The fourth-order valence-electron chi connectivity index (χ4n) is 6.42. The number of carboxylic acids is 1. The highest BCUT2D eigenvalue weighted by Crippen LogP contribution is 2.22. The lowest BCUT2D eigenvalue weighted by atomic mass is 9.96. The van der Waals surface area contributed by atoms with Gasteiger partial charge in [0.05, 0.1) is 18.8 Å². The van der Waals surface area contributed by atoms with Crippen molar-refractivity contribution in [3.05, 3.63) is 35.9 Å². The summed E-state index contributed by atoms with van der Waals surface area (Å²) in [7, 11) is 0. The van der Waals surface area contributed by atoms with Crippen molar-refractivity contribution in [3.8, 4) is 0 Å². The molecule has 336 valence electrons.